The van der Waals surface area contributed by atoms with Crippen molar-refractivity contribution in [1.82, 2.24) is 0 Å². The highest BCUT2D eigenvalue weighted by atomic mass is 28.3. The van der Waals surface area contributed by atoms with Crippen LogP contribution in [0.1, 0.15) is 33.7 Å². The minimum atomic E-state index is -2.73. The van der Waals surface area contributed by atoms with Crippen molar-refractivity contribution in [3.63, 3.8) is 0 Å². The molecule has 10 aromatic rings. The highest BCUT2D eigenvalue weighted by Crippen LogP contribution is 2.46. The molecule has 10 aromatic carbocycles. The lowest BCUT2D eigenvalue weighted by Gasteiger charge is -2.44. The molecule has 4 heteroatoms. The van der Waals surface area contributed by atoms with Crippen LogP contribution in [-0.2, 0) is 0 Å². The molecule has 0 spiro atoms. The number of nitrogens with zero attached hydrogens (tertiary/aromatic N) is 2. The van der Waals surface area contributed by atoms with Crippen molar-refractivity contribution in [2.24, 2.45) is 0 Å². The first kappa shape index (κ1) is 39.4. The van der Waals surface area contributed by atoms with Crippen molar-refractivity contribution in [3.8, 4) is 11.1 Å². The predicted molar refractivity (Wildman–Crippen MR) is 286 cm³/mol. The zero-order valence-corrected chi connectivity index (χ0v) is 38.6. The Balaban J connectivity index is 1.02. The number of rotatable bonds is 6. The normalized spacial score (nSPS) is 14.1. The Bertz CT molecular complexity index is 3290. The second-order valence-electron chi connectivity index (χ2n) is 18.5. The van der Waals surface area contributed by atoms with Gasteiger partial charge in [0.2, 0.25) is 0 Å². The quantitative estimate of drug-likeness (QED) is 0.154. The van der Waals surface area contributed by atoms with Gasteiger partial charge in [-0.3, -0.25) is 0 Å². The molecular weight excluding hydrogens is 824 g/mol. The highest BCUT2D eigenvalue weighted by molar-refractivity contribution is 7.20. The second kappa shape index (κ2) is 15.6. The standard InChI is InChI=1S/C63H47BN2Si/c1-43-31-37-52-60(39-43)67(50-23-11-5-12-24-50,51-25-13-6-14-26-51)61-40-44(2)32-38-53(61)62(52)46-35-33-45(34-36-46)47-41-58-63-59(42-47)66(49-21-9-4-10-22-49)57-30-18-16-28-55(57)64(63)54-27-15-17-29-56(54)65(58)48-19-7-3-8-20-48/h3-42,62H,1-2H3. The lowest BCUT2D eigenvalue weighted by atomic mass is 9.33. The molecule has 0 unspecified atom stereocenters. The molecule has 2 nitrogen and oxygen atoms in total. The molecule has 0 fully saturated rings. The molecule has 0 saturated carbocycles. The lowest BCUT2D eigenvalue weighted by Crippen LogP contribution is -2.77. The Hall–Kier alpha value is -7.92. The second-order valence-corrected chi connectivity index (χ2v) is 22.3. The van der Waals surface area contributed by atoms with Crippen LogP contribution in [0.5, 0.6) is 0 Å². The van der Waals surface area contributed by atoms with Crippen molar-refractivity contribution in [3.05, 3.63) is 270 Å². The molecule has 0 bridgehead atoms. The molecule has 13 rings (SSSR count). The van der Waals surface area contributed by atoms with Gasteiger partial charge in [-0.1, -0.05) is 205 Å². The molecule has 0 radical (unpaired) electrons. The van der Waals surface area contributed by atoms with Gasteiger partial charge >= 0.3 is 0 Å². The first-order valence-corrected chi connectivity index (χ1v) is 25.6. The molecule has 0 N–H and O–H groups in total. The minimum Gasteiger partial charge on any atom is -0.311 e. The van der Waals surface area contributed by atoms with Gasteiger partial charge < -0.3 is 9.80 Å². The zero-order valence-electron chi connectivity index (χ0n) is 37.6. The van der Waals surface area contributed by atoms with E-state index in [1.807, 2.05) is 0 Å². The summed E-state index contributed by atoms with van der Waals surface area (Å²) in [6.45, 7) is 4.59. The maximum Gasteiger partial charge on any atom is 0.252 e. The number of hydrogen-bond donors (Lipinski definition) is 0. The number of hydrogen-bond acceptors (Lipinski definition) is 2. The number of para-hydroxylation sites is 4. The van der Waals surface area contributed by atoms with Crippen LogP contribution in [0.2, 0.25) is 0 Å². The lowest BCUT2D eigenvalue weighted by molar-refractivity contribution is 0.982. The van der Waals surface area contributed by atoms with Gasteiger partial charge in [0.05, 0.1) is 0 Å². The third-order valence-corrected chi connectivity index (χ3v) is 19.6. The number of anilines is 6. The van der Waals surface area contributed by atoms with E-state index in [1.54, 1.807) is 0 Å². The summed E-state index contributed by atoms with van der Waals surface area (Å²) in [5, 5.41) is 5.82. The van der Waals surface area contributed by atoms with E-state index in [-0.39, 0.29) is 12.6 Å². The van der Waals surface area contributed by atoms with Gasteiger partial charge in [-0.05, 0) is 127 Å². The van der Waals surface area contributed by atoms with E-state index in [0.29, 0.717) is 0 Å². The molecule has 0 atom stereocenters. The molecular formula is C63H47BN2Si. The molecule has 316 valence electrons. The highest BCUT2D eigenvalue weighted by Gasteiger charge is 2.49. The summed E-state index contributed by atoms with van der Waals surface area (Å²) in [6, 6.07) is 91.7. The van der Waals surface area contributed by atoms with E-state index in [4.69, 9.17) is 0 Å². The maximum atomic E-state index is 2.52. The fraction of sp³-hybridized carbons (Fsp3) is 0.0476. The molecule has 0 saturated heterocycles. The largest absolute Gasteiger partial charge is 0.311 e. The smallest absolute Gasteiger partial charge is 0.252 e. The van der Waals surface area contributed by atoms with E-state index in [9.17, 15) is 0 Å². The van der Waals surface area contributed by atoms with Crippen LogP contribution in [0.15, 0.2) is 243 Å². The summed E-state index contributed by atoms with van der Waals surface area (Å²) in [4.78, 5) is 4.99. The van der Waals surface area contributed by atoms with Crippen molar-refractivity contribution in [2.45, 2.75) is 19.8 Å². The molecule has 0 aromatic heterocycles. The number of aryl methyl sites for hydroxylation is 2. The molecule has 67 heavy (non-hydrogen) atoms. The van der Waals surface area contributed by atoms with Gasteiger partial charge in [-0.2, -0.15) is 0 Å². The maximum absolute atomic E-state index is 2.73. The average molecular weight is 871 g/mol. The van der Waals surface area contributed by atoms with Crippen LogP contribution < -0.4 is 46.9 Å². The van der Waals surface area contributed by atoms with Crippen LogP contribution in [0.3, 0.4) is 0 Å². The zero-order chi connectivity index (χ0) is 44.6. The van der Waals surface area contributed by atoms with E-state index in [2.05, 4.69) is 266 Å². The predicted octanol–water partition coefficient (Wildman–Crippen LogP) is 10.9. The van der Waals surface area contributed by atoms with Crippen LogP contribution in [-0.4, -0.2) is 14.8 Å². The average Bonchev–Trinajstić information content (AvgIpc) is 3.39. The summed E-state index contributed by atoms with van der Waals surface area (Å²) in [5.74, 6) is 0.0777. The Morgan fingerprint density at radius 2 is 0.791 bits per heavy atom. The first-order chi connectivity index (χ1) is 33.1. The Morgan fingerprint density at radius 1 is 0.373 bits per heavy atom. The molecule has 3 aliphatic heterocycles. The molecule has 3 heterocycles. The van der Waals surface area contributed by atoms with Gasteiger partial charge in [-0.15, -0.1) is 0 Å². The van der Waals surface area contributed by atoms with E-state index in [0.717, 1.165) is 11.4 Å². The van der Waals surface area contributed by atoms with Gasteiger partial charge in [-0.25, -0.2) is 0 Å². The number of fused-ring (bicyclic) bond motifs is 6. The molecule has 3 aliphatic rings. The summed E-state index contributed by atoms with van der Waals surface area (Å²) in [7, 11) is -2.73. The molecule has 0 amide bonds. The van der Waals surface area contributed by atoms with Gasteiger partial charge in [0.15, 0.2) is 8.07 Å². The third kappa shape index (κ3) is 6.03. The fourth-order valence-electron chi connectivity index (χ4n) is 12.0. The van der Waals surface area contributed by atoms with Crippen molar-refractivity contribution >= 4 is 86.0 Å². The van der Waals surface area contributed by atoms with E-state index >= 15 is 0 Å². The van der Waals surface area contributed by atoms with Crippen molar-refractivity contribution in [2.75, 3.05) is 9.80 Å². The minimum absolute atomic E-state index is 0.0777. The third-order valence-electron chi connectivity index (χ3n) is 14.8. The SMILES string of the molecule is Cc1ccc2c(c1)[Si](c1ccccc1)(c1ccccc1)c1cc(C)ccc1C2c1ccc(-c2cc3c4c(c2)N(c2ccccc2)c2ccccc2B4c2ccccc2N3c2ccccc2)cc1. The fourth-order valence-corrected chi connectivity index (χ4v) is 17.4. The van der Waals surface area contributed by atoms with E-state index < -0.39 is 8.07 Å². The van der Waals surface area contributed by atoms with Crippen LogP contribution in [0.25, 0.3) is 11.1 Å². The summed E-state index contributed by atoms with van der Waals surface area (Å²) in [5.41, 5.74) is 20.2. The summed E-state index contributed by atoms with van der Waals surface area (Å²) >= 11 is 0. The van der Waals surface area contributed by atoms with E-state index in [1.165, 1.54) is 98.8 Å². The summed E-state index contributed by atoms with van der Waals surface area (Å²) < 4.78 is 0. The van der Waals surface area contributed by atoms with Gasteiger partial charge in [0.1, 0.15) is 0 Å². The van der Waals surface area contributed by atoms with Crippen molar-refractivity contribution < 1.29 is 0 Å². The van der Waals surface area contributed by atoms with Crippen molar-refractivity contribution in [1.29, 1.82) is 0 Å². The summed E-state index contributed by atoms with van der Waals surface area (Å²) in [6.07, 6.45) is 0. The van der Waals surface area contributed by atoms with Gasteiger partial charge in [0.25, 0.3) is 6.71 Å². The topological polar surface area (TPSA) is 6.48 Å². The Kier molecular flexibility index (Phi) is 9.19. The Morgan fingerprint density at radius 3 is 1.25 bits per heavy atom. The molecule has 0 aliphatic carbocycles. The van der Waals surface area contributed by atoms with Gasteiger partial charge in [0, 0.05) is 40.0 Å². The number of benzene rings is 10. The first-order valence-electron chi connectivity index (χ1n) is 23.6. The monoisotopic (exact) mass is 870 g/mol. The van der Waals surface area contributed by atoms with Crippen LogP contribution in [0.4, 0.5) is 34.1 Å². The van der Waals surface area contributed by atoms with Crippen LogP contribution >= 0.6 is 0 Å². The van der Waals surface area contributed by atoms with Crippen LogP contribution in [0, 0.1) is 13.8 Å². The Labute approximate surface area is 395 Å².